The summed E-state index contributed by atoms with van der Waals surface area (Å²) < 4.78 is 4.65. The number of hydrogen-bond acceptors (Lipinski definition) is 4. The van der Waals surface area contributed by atoms with Crippen molar-refractivity contribution in [1.29, 1.82) is 0 Å². The Balaban J connectivity index is 1.89. The number of esters is 1. The van der Waals surface area contributed by atoms with Crippen LogP contribution < -0.4 is 10.6 Å². The highest BCUT2D eigenvalue weighted by Crippen LogP contribution is 2.27. The molecule has 0 aliphatic carbocycles. The van der Waals surface area contributed by atoms with Gasteiger partial charge in [0.25, 0.3) is 0 Å². The molecular weight excluding hydrogens is 328 g/mol. The summed E-state index contributed by atoms with van der Waals surface area (Å²) in [6, 6.07) is 12.9. The van der Waals surface area contributed by atoms with Crippen molar-refractivity contribution in [2.75, 3.05) is 24.3 Å². The summed E-state index contributed by atoms with van der Waals surface area (Å²) >= 11 is 0. The van der Waals surface area contributed by atoms with Crippen molar-refractivity contribution in [2.45, 2.75) is 33.1 Å². The molecular formula is C21H26N2O3. The molecule has 2 aromatic carbocycles. The molecule has 5 nitrogen and oxygen atoms in total. The van der Waals surface area contributed by atoms with E-state index in [2.05, 4.69) is 54.3 Å². The Morgan fingerprint density at radius 1 is 1.08 bits per heavy atom. The van der Waals surface area contributed by atoms with Crippen molar-refractivity contribution in [3.05, 3.63) is 59.2 Å². The smallest absolute Gasteiger partial charge is 0.337 e. The molecule has 0 heterocycles. The Kier molecular flexibility index (Phi) is 6.78. The number of para-hydroxylation sites is 1. The summed E-state index contributed by atoms with van der Waals surface area (Å²) in [6.07, 6.45) is 0.352. The van der Waals surface area contributed by atoms with E-state index >= 15 is 0 Å². The fourth-order valence-corrected chi connectivity index (χ4v) is 2.75. The number of aryl methyl sites for hydroxylation is 1. The van der Waals surface area contributed by atoms with Crippen LogP contribution in [0.1, 0.15) is 47.7 Å². The predicted octanol–water partition coefficient (Wildman–Crippen LogP) is 4.35. The first-order valence-corrected chi connectivity index (χ1v) is 8.74. The van der Waals surface area contributed by atoms with Gasteiger partial charge in [-0.25, -0.2) is 4.79 Å². The first-order chi connectivity index (χ1) is 12.4. The largest absolute Gasteiger partial charge is 0.465 e. The molecule has 0 radical (unpaired) electrons. The van der Waals surface area contributed by atoms with Crippen LogP contribution in [0.25, 0.3) is 0 Å². The molecule has 0 aliphatic heterocycles. The van der Waals surface area contributed by atoms with E-state index in [4.69, 9.17) is 0 Å². The van der Waals surface area contributed by atoms with Gasteiger partial charge in [0.15, 0.2) is 0 Å². The number of rotatable bonds is 7. The fourth-order valence-electron chi connectivity index (χ4n) is 2.75. The van der Waals surface area contributed by atoms with Crippen molar-refractivity contribution in [1.82, 2.24) is 0 Å². The van der Waals surface area contributed by atoms with Crippen LogP contribution in [-0.2, 0) is 9.53 Å². The zero-order valence-corrected chi connectivity index (χ0v) is 15.8. The van der Waals surface area contributed by atoms with E-state index < -0.39 is 5.97 Å². The molecule has 0 saturated carbocycles. The van der Waals surface area contributed by atoms with E-state index in [1.807, 2.05) is 0 Å². The molecule has 0 aromatic heterocycles. The van der Waals surface area contributed by atoms with Crippen LogP contribution in [0.5, 0.6) is 0 Å². The molecule has 5 heteroatoms. The van der Waals surface area contributed by atoms with E-state index in [1.54, 1.807) is 24.3 Å². The fraction of sp³-hybridized carbons (Fsp3) is 0.333. The minimum atomic E-state index is -0.397. The third-order valence-electron chi connectivity index (χ3n) is 4.17. The highest BCUT2D eigenvalue weighted by molar-refractivity contribution is 5.93. The van der Waals surface area contributed by atoms with Gasteiger partial charge >= 0.3 is 5.97 Å². The van der Waals surface area contributed by atoms with Gasteiger partial charge in [0, 0.05) is 24.3 Å². The van der Waals surface area contributed by atoms with Crippen molar-refractivity contribution < 1.29 is 14.3 Å². The molecule has 2 aromatic rings. The summed E-state index contributed by atoms with van der Waals surface area (Å²) in [5.41, 5.74) is 4.64. The molecule has 0 unspecified atom stereocenters. The number of carbonyl (C=O) groups excluding carboxylic acids is 2. The molecule has 0 spiro atoms. The number of nitrogens with one attached hydrogen (secondary N) is 2. The van der Waals surface area contributed by atoms with Gasteiger partial charge in [-0.05, 0) is 48.2 Å². The first-order valence-electron chi connectivity index (χ1n) is 8.74. The van der Waals surface area contributed by atoms with E-state index in [9.17, 15) is 9.59 Å². The molecule has 26 heavy (non-hydrogen) atoms. The number of anilines is 2. The third kappa shape index (κ3) is 5.09. The van der Waals surface area contributed by atoms with Crippen LogP contribution in [-0.4, -0.2) is 25.5 Å². The normalized spacial score (nSPS) is 10.5. The summed E-state index contributed by atoms with van der Waals surface area (Å²) in [6.45, 7) is 6.93. The molecule has 0 fully saturated rings. The van der Waals surface area contributed by atoms with Crippen LogP contribution in [0, 0.1) is 6.92 Å². The molecule has 0 atom stereocenters. The van der Waals surface area contributed by atoms with Gasteiger partial charge in [0.05, 0.1) is 12.7 Å². The lowest BCUT2D eigenvalue weighted by Gasteiger charge is -2.17. The lowest BCUT2D eigenvalue weighted by Crippen LogP contribution is -2.17. The zero-order valence-electron chi connectivity index (χ0n) is 15.8. The van der Waals surface area contributed by atoms with E-state index in [0.29, 0.717) is 30.1 Å². The molecule has 2 rings (SSSR count). The highest BCUT2D eigenvalue weighted by Gasteiger charge is 2.10. The minimum Gasteiger partial charge on any atom is -0.465 e. The second-order valence-corrected chi connectivity index (χ2v) is 6.49. The van der Waals surface area contributed by atoms with Crippen molar-refractivity contribution in [3.63, 3.8) is 0 Å². The summed E-state index contributed by atoms with van der Waals surface area (Å²) in [5.74, 6) is -0.0613. The summed E-state index contributed by atoms with van der Waals surface area (Å²) in [4.78, 5) is 23.5. The van der Waals surface area contributed by atoms with Crippen molar-refractivity contribution in [3.8, 4) is 0 Å². The number of carbonyl (C=O) groups is 2. The molecule has 0 aliphatic rings. The second-order valence-electron chi connectivity index (χ2n) is 6.49. The maximum absolute atomic E-state index is 12.1. The minimum absolute atomic E-state index is 0.0806. The Labute approximate surface area is 154 Å². The average molecular weight is 354 g/mol. The SMILES string of the molecule is COC(=O)c1ccc(NC(=O)CCNc2c(C)cccc2C(C)C)cc1. The van der Waals surface area contributed by atoms with Crippen LogP contribution in [0.2, 0.25) is 0 Å². The molecule has 0 saturated heterocycles. The Hall–Kier alpha value is -2.82. The molecule has 138 valence electrons. The standard InChI is InChI=1S/C21H26N2O3/c1-14(2)18-7-5-6-15(3)20(18)22-13-12-19(24)23-17-10-8-16(9-11-17)21(25)26-4/h5-11,14,22H,12-13H2,1-4H3,(H,23,24). The first kappa shape index (κ1) is 19.5. The predicted molar refractivity (Wildman–Crippen MR) is 105 cm³/mol. The average Bonchev–Trinajstić information content (AvgIpc) is 2.62. The van der Waals surface area contributed by atoms with Crippen LogP contribution >= 0.6 is 0 Å². The third-order valence-corrected chi connectivity index (χ3v) is 4.17. The molecule has 2 N–H and O–H groups in total. The van der Waals surface area contributed by atoms with Crippen molar-refractivity contribution >= 4 is 23.3 Å². The zero-order chi connectivity index (χ0) is 19.1. The van der Waals surface area contributed by atoms with Gasteiger partial charge in [0.2, 0.25) is 5.91 Å². The maximum atomic E-state index is 12.1. The lowest BCUT2D eigenvalue weighted by atomic mass is 9.98. The summed E-state index contributed by atoms with van der Waals surface area (Å²) in [5, 5.41) is 6.22. The van der Waals surface area contributed by atoms with Gasteiger partial charge in [-0.15, -0.1) is 0 Å². The molecule has 1 amide bonds. The topological polar surface area (TPSA) is 67.4 Å². The van der Waals surface area contributed by atoms with Gasteiger partial charge in [0.1, 0.15) is 0 Å². The van der Waals surface area contributed by atoms with Crippen LogP contribution in [0.15, 0.2) is 42.5 Å². The number of hydrogen-bond donors (Lipinski definition) is 2. The quantitative estimate of drug-likeness (QED) is 0.726. The van der Waals surface area contributed by atoms with Gasteiger partial charge in [-0.1, -0.05) is 32.0 Å². The van der Waals surface area contributed by atoms with Crippen molar-refractivity contribution in [2.24, 2.45) is 0 Å². The van der Waals surface area contributed by atoms with Gasteiger partial charge in [-0.3, -0.25) is 4.79 Å². The van der Waals surface area contributed by atoms with E-state index in [-0.39, 0.29) is 5.91 Å². The Morgan fingerprint density at radius 2 is 1.77 bits per heavy atom. The van der Waals surface area contributed by atoms with Crippen LogP contribution in [0.3, 0.4) is 0 Å². The maximum Gasteiger partial charge on any atom is 0.337 e. The monoisotopic (exact) mass is 354 g/mol. The lowest BCUT2D eigenvalue weighted by molar-refractivity contribution is -0.115. The number of amides is 1. The summed E-state index contributed by atoms with van der Waals surface area (Å²) in [7, 11) is 1.34. The molecule has 0 bridgehead atoms. The number of methoxy groups -OCH3 is 1. The second kappa shape index (κ2) is 9.04. The van der Waals surface area contributed by atoms with E-state index in [0.717, 1.165) is 5.69 Å². The van der Waals surface area contributed by atoms with Crippen LogP contribution in [0.4, 0.5) is 11.4 Å². The number of ether oxygens (including phenoxy) is 1. The Morgan fingerprint density at radius 3 is 2.38 bits per heavy atom. The van der Waals surface area contributed by atoms with E-state index in [1.165, 1.54) is 18.2 Å². The van der Waals surface area contributed by atoms with Gasteiger partial charge < -0.3 is 15.4 Å². The highest BCUT2D eigenvalue weighted by atomic mass is 16.5. The van der Waals surface area contributed by atoms with Gasteiger partial charge in [-0.2, -0.15) is 0 Å². The Bertz CT molecular complexity index is 767. The number of benzene rings is 2.